The molecule has 0 saturated heterocycles. The van der Waals surface area contributed by atoms with Gasteiger partial charge in [0.05, 0.1) is 0 Å². The minimum absolute atomic E-state index is 0.164. The molecule has 1 heterocycles. The zero-order valence-electron chi connectivity index (χ0n) is 12.8. The maximum Gasteiger partial charge on any atom is 0.227 e. The van der Waals surface area contributed by atoms with E-state index in [4.69, 9.17) is 16.6 Å². The number of anilines is 1. The van der Waals surface area contributed by atoms with Gasteiger partial charge in [0.2, 0.25) is 11.8 Å². The van der Waals surface area contributed by atoms with Gasteiger partial charge in [-0.05, 0) is 48.6 Å². The van der Waals surface area contributed by atoms with Crippen LogP contribution in [0.4, 0.5) is 10.1 Å². The van der Waals surface area contributed by atoms with Crippen LogP contribution < -0.4 is 10.6 Å². The largest absolute Gasteiger partial charge is 0.436 e. The second-order valence-corrected chi connectivity index (χ2v) is 5.48. The summed E-state index contributed by atoms with van der Waals surface area (Å²) in [6.07, 6.45) is 0.348. The van der Waals surface area contributed by atoms with Gasteiger partial charge < -0.3 is 15.1 Å². The van der Waals surface area contributed by atoms with E-state index >= 15 is 0 Å². The first-order valence-corrected chi connectivity index (χ1v) is 7.73. The van der Waals surface area contributed by atoms with Gasteiger partial charge in [0.1, 0.15) is 11.3 Å². The van der Waals surface area contributed by atoms with Crippen LogP contribution in [0.5, 0.6) is 0 Å². The number of oxazole rings is 1. The summed E-state index contributed by atoms with van der Waals surface area (Å²) in [7, 11) is 0. The van der Waals surface area contributed by atoms with E-state index in [0.29, 0.717) is 34.7 Å². The fourth-order valence-electron chi connectivity index (χ4n) is 2.13. The van der Waals surface area contributed by atoms with Crippen LogP contribution in [0, 0.1) is 5.82 Å². The number of halogens is 1. The average Bonchev–Trinajstić information content (AvgIpc) is 2.98. The lowest BCUT2D eigenvalue weighted by molar-refractivity contribution is -0.119. The number of hydrogen-bond donors (Lipinski definition) is 2. The zero-order valence-corrected chi connectivity index (χ0v) is 13.6. The fourth-order valence-corrected chi connectivity index (χ4v) is 2.36. The number of thiocarbonyl (C=S) groups is 1. The SMILES string of the molecule is CCC(=O)NC(=S)Nc1ccc2oc(-c3cccc(F)c3)nc2c1. The molecule has 0 fully saturated rings. The molecule has 24 heavy (non-hydrogen) atoms. The Morgan fingerprint density at radius 3 is 2.88 bits per heavy atom. The molecule has 1 aromatic heterocycles. The molecule has 1 amide bonds. The Labute approximate surface area is 142 Å². The standard InChI is InChI=1S/C17H14FN3O2S/c1-2-15(22)21-17(24)19-12-6-7-14-13(9-12)20-16(23-14)10-4-3-5-11(18)8-10/h3-9H,2H2,1H3,(H2,19,21,22,24). The topological polar surface area (TPSA) is 67.2 Å². The van der Waals surface area contributed by atoms with Gasteiger partial charge in [-0.3, -0.25) is 4.79 Å². The fraction of sp³-hybridized carbons (Fsp3) is 0.118. The lowest BCUT2D eigenvalue weighted by Gasteiger charge is -2.08. The first-order valence-electron chi connectivity index (χ1n) is 7.32. The second kappa shape index (κ2) is 6.76. The minimum Gasteiger partial charge on any atom is -0.436 e. The molecular formula is C17H14FN3O2S. The van der Waals surface area contributed by atoms with E-state index in [1.807, 2.05) is 0 Å². The molecule has 3 rings (SSSR count). The lowest BCUT2D eigenvalue weighted by atomic mass is 10.2. The molecule has 0 aliphatic heterocycles. The van der Waals surface area contributed by atoms with Crippen molar-refractivity contribution in [3.8, 4) is 11.5 Å². The number of hydrogen-bond acceptors (Lipinski definition) is 4. The number of nitrogens with one attached hydrogen (secondary N) is 2. The molecule has 2 N–H and O–H groups in total. The molecule has 3 aromatic rings. The van der Waals surface area contributed by atoms with Gasteiger partial charge in [-0.15, -0.1) is 0 Å². The predicted molar refractivity (Wildman–Crippen MR) is 94.1 cm³/mol. The summed E-state index contributed by atoms with van der Waals surface area (Å²) in [6, 6.07) is 11.3. The van der Waals surface area contributed by atoms with Gasteiger partial charge in [0, 0.05) is 17.7 Å². The van der Waals surface area contributed by atoms with Crippen molar-refractivity contribution in [2.45, 2.75) is 13.3 Å². The highest BCUT2D eigenvalue weighted by atomic mass is 32.1. The summed E-state index contributed by atoms with van der Waals surface area (Å²) < 4.78 is 19.0. The first-order chi connectivity index (χ1) is 11.5. The number of fused-ring (bicyclic) bond motifs is 1. The number of amides is 1. The van der Waals surface area contributed by atoms with Crippen LogP contribution in [-0.2, 0) is 4.79 Å². The van der Waals surface area contributed by atoms with Gasteiger partial charge in [0.15, 0.2) is 10.7 Å². The number of carbonyl (C=O) groups is 1. The van der Waals surface area contributed by atoms with Crippen molar-refractivity contribution in [1.29, 1.82) is 0 Å². The van der Waals surface area contributed by atoms with Crippen LogP contribution in [-0.4, -0.2) is 16.0 Å². The van der Waals surface area contributed by atoms with Gasteiger partial charge in [-0.1, -0.05) is 13.0 Å². The van der Waals surface area contributed by atoms with E-state index in [1.54, 1.807) is 37.3 Å². The molecule has 7 heteroatoms. The minimum atomic E-state index is -0.353. The predicted octanol–water partition coefficient (Wildman–Crippen LogP) is 3.86. The van der Waals surface area contributed by atoms with Crippen LogP contribution >= 0.6 is 12.2 Å². The maximum atomic E-state index is 13.3. The van der Waals surface area contributed by atoms with Crippen molar-refractivity contribution in [3.63, 3.8) is 0 Å². The Morgan fingerprint density at radius 2 is 2.12 bits per heavy atom. The smallest absolute Gasteiger partial charge is 0.227 e. The highest BCUT2D eigenvalue weighted by Crippen LogP contribution is 2.26. The third-order valence-electron chi connectivity index (χ3n) is 3.29. The third kappa shape index (κ3) is 3.57. The average molecular weight is 343 g/mol. The number of carbonyl (C=O) groups excluding carboxylic acids is 1. The Bertz CT molecular complexity index is 923. The summed E-state index contributed by atoms with van der Waals surface area (Å²) in [6.45, 7) is 1.74. The molecule has 2 aromatic carbocycles. The van der Waals surface area contributed by atoms with Crippen molar-refractivity contribution in [1.82, 2.24) is 10.3 Å². The number of rotatable bonds is 3. The third-order valence-corrected chi connectivity index (χ3v) is 3.50. The number of nitrogens with zero attached hydrogens (tertiary/aromatic N) is 1. The van der Waals surface area contributed by atoms with E-state index in [2.05, 4.69) is 15.6 Å². The Balaban J connectivity index is 1.84. The van der Waals surface area contributed by atoms with Crippen molar-refractivity contribution in [2.75, 3.05) is 5.32 Å². The Morgan fingerprint density at radius 1 is 1.29 bits per heavy atom. The van der Waals surface area contributed by atoms with Gasteiger partial charge in [-0.25, -0.2) is 9.37 Å². The summed E-state index contributed by atoms with van der Waals surface area (Å²) in [5.41, 5.74) is 2.40. The van der Waals surface area contributed by atoms with Gasteiger partial charge >= 0.3 is 0 Å². The van der Waals surface area contributed by atoms with Gasteiger partial charge in [0.25, 0.3) is 0 Å². The lowest BCUT2D eigenvalue weighted by Crippen LogP contribution is -2.33. The molecule has 5 nitrogen and oxygen atoms in total. The van der Waals surface area contributed by atoms with Crippen molar-refractivity contribution in [3.05, 3.63) is 48.3 Å². The highest BCUT2D eigenvalue weighted by Gasteiger charge is 2.10. The van der Waals surface area contributed by atoms with E-state index in [9.17, 15) is 9.18 Å². The van der Waals surface area contributed by atoms with Crippen molar-refractivity contribution in [2.24, 2.45) is 0 Å². The first kappa shape index (κ1) is 16.1. The monoisotopic (exact) mass is 343 g/mol. The zero-order chi connectivity index (χ0) is 17.1. The molecule has 0 bridgehead atoms. The van der Waals surface area contributed by atoms with Gasteiger partial charge in [-0.2, -0.15) is 0 Å². The molecule has 0 aliphatic carbocycles. The number of aromatic nitrogens is 1. The highest BCUT2D eigenvalue weighted by molar-refractivity contribution is 7.80. The van der Waals surface area contributed by atoms with E-state index in [0.717, 1.165) is 0 Å². The van der Waals surface area contributed by atoms with Crippen LogP contribution in [0.15, 0.2) is 46.9 Å². The molecule has 0 radical (unpaired) electrons. The molecule has 122 valence electrons. The normalized spacial score (nSPS) is 10.6. The van der Waals surface area contributed by atoms with E-state index in [1.165, 1.54) is 12.1 Å². The summed E-state index contributed by atoms with van der Waals surface area (Å²) >= 11 is 5.07. The van der Waals surface area contributed by atoms with Crippen LogP contribution in [0.25, 0.3) is 22.6 Å². The molecular weight excluding hydrogens is 329 g/mol. The van der Waals surface area contributed by atoms with E-state index < -0.39 is 0 Å². The van der Waals surface area contributed by atoms with E-state index in [-0.39, 0.29) is 16.8 Å². The maximum absolute atomic E-state index is 13.3. The van der Waals surface area contributed by atoms with Crippen molar-refractivity contribution < 1.29 is 13.6 Å². The summed E-state index contributed by atoms with van der Waals surface area (Å²) in [5.74, 6) is -0.180. The summed E-state index contributed by atoms with van der Waals surface area (Å²) in [4.78, 5) is 15.7. The Hall–Kier alpha value is -2.80. The van der Waals surface area contributed by atoms with Crippen LogP contribution in [0.3, 0.4) is 0 Å². The van der Waals surface area contributed by atoms with Crippen LogP contribution in [0.2, 0.25) is 0 Å². The molecule has 0 saturated carbocycles. The van der Waals surface area contributed by atoms with Crippen LogP contribution in [0.1, 0.15) is 13.3 Å². The Kier molecular flexibility index (Phi) is 4.52. The second-order valence-electron chi connectivity index (χ2n) is 5.07. The molecule has 0 atom stereocenters. The molecule has 0 unspecified atom stereocenters. The summed E-state index contributed by atoms with van der Waals surface area (Å²) in [5, 5.41) is 5.69. The van der Waals surface area contributed by atoms with Crippen molar-refractivity contribution >= 4 is 40.0 Å². The quantitative estimate of drug-likeness (QED) is 0.707. The molecule has 0 spiro atoms. The molecule has 0 aliphatic rings. The number of benzene rings is 2.